The van der Waals surface area contributed by atoms with Gasteiger partial charge in [0.15, 0.2) is 5.82 Å². The summed E-state index contributed by atoms with van der Waals surface area (Å²) < 4.78 is 40.2. The molecular weight excluding hydrogens is 326 g/mol. The smallest absolute Gasteiger partial charge is 0.242 e. The van der Waals surface area contributed by atoms with Gasteiger partial charge >= 0.3 is 0 Å². The monoisotopic (exact) mass is 340 g/mol. The first-order valence-corrected chi connectivity index (χ1v) is 8.52. The van der Waals surface area contributed by atoms with E-state index in [4.69, 9.17) is 23.2 Å². The average molecular weight is 341 g/mol. The molecule has 0 bridgehead atoms. The quantitative estimate of drug-likeness (QED) is 0.828. The molecule has 112 valence electrons. The van der Waals surface area contributed by atoms with Gasteiger partial charge in [-0.2, -0.15) is 0 Å². The number of benzene rings is 1. The van der Waals surface area contributed by atoms with Gasteiger partial charge in [-0.25, -0.2) is 17.5 Å². The van der Waals surface area contributed by atoms with Crippen molar-refractivity contribution in [2.75, 3.05) is 13.1 Å². The van der Waals surface area contributed by atoms with Crippen LogP contribution >= 0.6 is 23.2 Å². The van der Waals surface area contributed by atoms with E-state index in [1.54, 1.807) is 0 Å². The first-order valence-electron chi connectivity index (χ1n) is 6.28. The zero-order valence-corrected chi connectivity index (χ0v) is 13.0. The zero-order valence-electron chi connectivity index (χ0n) is 10.6. The Morgan fingerprint density at radius 3 is 2.75 bits per heavy atom. The van der Waals surface area contributed by atoms with Gasteiger partial charge in [0.2, 0.25) is 10.0 Å². The molecule has 1 aromatic carbocycles. The molecule has 1 saturated heterocycles. The van der Waals surface area contributed by atoms with Gasteiger partial charge in [-0.3, -0.25) is 0 Å². The molecule has 0 amide bonds. The van der Waals surface area contributed by atoms with Crippen LogP contribution in [0.25, 0.3) is 0 Å². The Morgan fingerprint density at radius 2 is 2.10 bits per heavy atom. The number of rotatable bonds is 4. The van der Waals surface area contributed by atoms with Crippen LogP contribution in [-0.2, 0) is 10.0 Å². The predicted octanol–water partition coefficient (Wildman–Crippen LogP) is 2.55. The lowest BCUT2D eigenvalue weighted by molar-refractivity contribution is 0.398. The molecule has 20 heavy (non-hydrogen) atoms. The van der Waals surface area contributed by atoms with Crippen molar-refractivity contribution in [3.63, 3.8) is 0 Å². The fourth-order valence-corrected chi connectivity index (χ4v) is 3.93. The summed E-state index contributed by atoms with van der Waals surface area (Å²) in [6.45, 7) is 1.13. The molecule has 1 atom stereocenters. The fourth-order valence-electron chi connectivity index (χ4n) is 2.10. The third-order valence-electron chi connectivity index (χ3n) is 3.22. The number of piperidine rings is 1. The second kappa shape index (κ2) is 6.58. The first kappa shape index (κ1) is 16.0. The normalized spacial score (nSPS) is 20.1. The minimum absolute atomic E-state index is 0.0921. The van der Waals surface area contributed by atoms with Crippen LogP contribution in [0.2, 0.25) is 10.0 Å². The van der Waals surface area contributed by atoms with Crippen LogP contribution in [0.1, 0.15) is 19.3 Å². The van der Waals surface area contributed by atoms with Crippen LogP contribution < -0.4 is 10.0 Å². The lowest BCUT2D eigenvalue weighted by Crippen LogP contribution is -2.43. The van der Waals surface area contributed by atoms with Crippen molar-refractivity contribution in [3.8, 4) is 0 Å². The summed E-state index contributed by atoms with van der Waals surface area (Å²) in [6, 6.07) is 2.47. The fraction of sp³-hybridized carbons (Fsp3) is 0.500. The zero-order chi connectivity index (χ0) is 14.8. The SMILES string of the molecule is O=S(=O)(NCC1CCCCN1)c1ccc(Cl)c(F)c1Cl. The lowest BCUT2D eigenvalue weighted by Gasteiger charge is -2.23. The molecule has 1 heterocycles. The first-order chi connectivity index (χ1) is 9.42. The van der Waals surface area contributed by atoms with E-state index in [0.29, 0.717) is 0 Å². The van der Waals surface area contributed by atoms with Gasteiger partial charge < -0.3 is 5.32 Å². The Balaban J connectivity index is 2.12. The van der Waals surface area contributed by atoms with Gasteiger partial charge in [0.05, 0.1) is 10.0 Å². The summed E-state index contributed by atoms with van der Waals surface area (Å²) in [6.07, 6.45) is 3.07. The molecule has 0 spiro atoms. The van der Waals surface area contributed by atoms with Gasteiger partial charge in [-0.05, 0) is 31.5 Å². The summed E-state index contributed by atoms with van der Waals surface area (Å²) in [5, 5.41) is 2.53. The van der Waals surface area contributed by atoms with Crippen molar-refractivity contribution < 1.29 is 12.8 Å². The van der Waals surface area contributed by atoms with E-state index in [2.05, 4.69) is 10.0 Å². The second-order valence-corrected chi connectivity index (χ2v) is 7.19. The molecule has 1 unspecified atom stereocenters. The topological polar surface area (TPSA) is 58.2 Å². The Kier molecular flexibility index (Phi) is 5.25. The molecule has 1 fully saturated rings. The molecule has 2 N–H and O–H groups in total. The van der Waals surface area contributed by atoms with Gasteiger partial charge in [-0.15, -0.1) is 0 Å². The van der Waals surface area contributed by atoms with Gasteiger partial charge in [0.25, 0.3) is 0 Å². The molecule has 1 aliphatic rings. The largest absolute Gasteiger partial charge is 0.313 e. The second-order valence-electron chi connectivity index (χ2n) is 4.67. The van der Waals surface area contributed by atoms with E-state index in [1.165, 1.54) is 12.1 Å². The maximum Gasteiger partial charge on any atom is 0.242 e. The molecule has 8 heteroatoms. The molecule has 0 saturated carbocycles. The molecule has 4 nitrogen and oxygen atoms in total. The molecule has 0 aromatic heterocycles. The predicted molar refractivity (Wildman–Crippen MR) is 77.3 cm³/mol. The van der Waals surface area contributed by atoms with Crippen molar-refractivity contribution >= 4 is 33.2 Å². The summed E-state index contributed by atoms with van der Waals surface area (Å²) in [5.74, 6) is -0.924. The van der Waals surface area contributed by atoms with Crippen LogP contribution in [0, 0.1) is 5.82 Å². The lowest BCUT2D eigenvalue weighted by atomic mass is 10.1. The van der Waals surface area contributed by atoms with Crippen LogP contribution in [0.4, 0.5) is 4.39 Å². The van der Waals surface area contributed by atoms with Crippen LogP contribution in [0.3, 0.4) is 0 Å². The maximum atomic E-state index is 13.5. The molecule has 2 rings (SSSR count). The van der Waals surface area contributed by atoms with Crippen molar-refractivity contribution in [3.05, 3.63) is 28.0 Å². The van der Waals surface area contributed by atoms with Crippen molar-refractivity contribution in [2.24, 2.45) is 0 Å². The van der Waals surface area contributed by atoms with E-state index in [9.17, 15) is 12.8 Å². The highest BCUT2D eigenvalue weighted by atomic mass is 35.5. The van der Waals surface area contributed by atoms with Crippen molar-refractivity contribution in [1.29, 1.82) is 0 Å². The van der Waals surface area contributed by atoms with E-state index < -0.39 is 20.9 Å². The Morgan fingerprint density at radius 1 is 1.35 bits per heavy atom. The number of nitrogens with one attached hydrogen (secondary N) is 2. The standard InChI is InChI=1S/C12H15Cl2FN2O2S/c13-9-4-5-10(11(14)12(9)15)20(18,19)17-7-8-3-1-2-6-16-8/h4-5,8,16-17H,1-3,6-7H2. The number of hydrogen-bond acceptors (Lipinski definition) is 3. The van der Waals surface area contributed by atoms with E-state index in [0.717, 1.165) is 25.8 Å². The van der Waals surface area contributed by atoms with Crippen LogP contribution in [0.15, 0.2) is 17.0 Å². The molecule has 0 aliphatic carbocycles. The third-order valence-corrected chi connectivity index (χ3v) is 5.46. The van der Waals surface area contributed by atoms with Gasteiger partial charge in [0.1, 0.15) is 4.90 Å². The Hall–Kier alpha value is -0.400. The summed E-state index contributed by atoms with van der Waals surface area (Å²) in [7, 11) is -3.85. The Bertz CT molecular complexity index is 589. The van der Waals surface area contributed by atoms with E-state index in [1.807, 2.05) is 0 Å². The highest BCUT2D eigenvalue weighted by Gasteiger charge is 2.23. The molecule has 1 aliphatic heterocycles. The van der Waals surface area contributed by atoms with E-state index in [-0.39, 0.29) is 22.5 Å². The average Bonchev–Trinajstić information content (AvgIpc) is 2.44. The molecule has 1 aromatic rings. The number of sulfonamides is 1. The van der Waals surface area contributed by atoms with Gasteiger partial charge in [0, 0.05) is 12.6 Å². The van der Waals surface area contributed by atoms with Gasteiger partial charge in [-0.1, -0.05) is 29.6 Å². The van der Waals surface area contributed by atoms with Crippen LogP contribution in [0.5, 0.6) is 0 Å². The van der Waals surface area contributed by atoms with E-state index >= 15 is 0 Å². The minimum atomic E-state index is -3.85. The number of hydrogen-bond donors (Lipinski definition) is 2. The minimum Gasteiger partial charge on any atom is -0.313 e. The summed E-state index contributed by atoms with van der Waals surface area (Å²) >= 11 is 11.3. The van der Waals surface area contributed by atoms with Crippen molar-refractivity contribution in [2.45, 2.75) is 30.2 Å². The molecule has 0 radical (unpaired) electrons. The number of halogens is 3. The third kappa shape index (κ3) is 3.62. The van der Waals surface area contributed by atoms with Crippen LogP contribution in [-0.4, -0.2) is 27.5 Å². The maximum absolute atomic E-state index is 13.5. The van der Waals surface area contributed by atoms with Crippen molar-refractivity contribution in [1.82, 2.24) is 10.0 Å². The highest BCUT2D eigenvalue weighted by Crippen LogP contribution is 2.29. The summed E-state index contributed by atoms with van der Waals surface area (Å²) in [5.41, 5.74) is 0. The Labute approximate surface area is 127 Å². The highest BCUT2D eigenvalue weighted by molar-refractivity contribution is 7.89. The molecular formula is C12H15Cl2FN2O2S. The summed E-state index contributed by atoms with van der Waals surface area (Å²) in [4.78, 5) is -0.295.